The van der Waals surface area contributed by atoms with Crippen LogP contribution >= 0.6 is 0 Å². The average molecular weight is 619 g/mol. The number of benzene rings is 3. The summed E-state index contributed by atoms with van der Waals surface area (Å²) in [4.78, 5) is 43.0. The summed E-state index contributed by atoms with van der Waals surface area (Å²) in [5.74, 6) is -0.693. The molecular formula is C34H30N6O6. The largest absolute Gasteiger partial charge is 0.452 e. The Bertz CT molecular complexity index is 1840. The van der Waals surface area contributed by atoms with Gasteiger partial charge < -0.3 is 29.2 Å². The zero-order valence-electron chi connectivity index (χ0n) is 24.8. The molecule has 5 aromatic rings. The van der Waals surface area contributed by atoms with Gasteiger partial charge >= 0.3 is 11.9 Å². The van der Waals surface area contributed by atoms with Crippen molar-refractivity contribution in [2.45, 2.75) is 30.8 Å². The van der Waals surface area contributed by atoms with Crippen LogP contribution in [0.1, 0.15) is 44.0 Å². The lowest BCUT2D eigenvalue weighted by atomic mass is 10.1. The van der Waals surface area contributed by atoms with Gasteiger partial charge in [0, 0.05) is 13.7 Å². The molecule has 3 heterocycles. The van der Waals surface area contributed by atoms with Crippen molar-refractivity contribution in [3.63, 3.8) is 0 Å². The van der Waals surface area contributed by atoms with Crippen molar-refractivity contribution in [1.29, 1.82) is 5.26 Å². The third-order valence-electron chi connectivity index (χ3n) is 7.43. The van der Waals surface area contributed by atoms with Gasteiger partial charge in [-0.2, -0.15) is 15.2 Å². The number of carbonyl (C=O) groups is 2. The lowest BCUT2D eigenvalue weighted by Crippen LogP contribution is -2.40. The van der Waals surface area contributed by atoms with Gasteiger partial charge in [0.15, 0.2) is 29.8 Å². The number of ether oxygens (including phenoxy) is 4. The zero-order chi connectivity index (χ0) is 31.9. The minimum Gasteiger partial charge on any atom is -0.452 e. The molecule has 232 valence electrons. The number of nitriles is 1. The maximum atomic E-state index is 13.3. The number of esters is 2. The summed E-state index contributed by atoms with van der Waals surface area (Å²) in [6.45, 7) is 0.563. The predicted molar refractivity (Wildman–Crippen MR) is 166 cm³/mol. The number of aromatic nitrogens is 4. The molecular weight excluding hydrogens is 588 g/mol. The maximum absolute atomic E-state index is 13.3. The molecule has 0 bridgehead atoms. The van der Waals surface area contributed by atoms with E-state index in [1.807, 2.05) is 36.4 Å². The number of nitrogens with zero attached hydrogens (tertiary/aromatic N) is 4. The first-order valence-corrected chi connectivity index (χ1v) is 14.7. The highest BCUT2D eigenvalue weighted by molar-refractivity contribution is 5.90. The molecule has 3 aromatic carbocycles. The Balaban J connectivity index is 1.34. The second-order valence-electron chi connectivity index (χ2n) is 10.5. The number of carbonyl (C=O) groups excluding carboxylic acids is 2. The van der Waals surface area contributed by atoms with E-state index in [1.165, 1.54) is 7.11 Å². The van der Waals surface area contributed by atoms with Crippen LogP contribution in [0, 0.1) is 11.3 Å². The molecule has 0 amide bonds. The van der Waals surface area contributed by atoms with E-state index in [-0.39, 0.29) is 23.9 Å². The highest BCUT2D eigenvalue weighted by Crippen LogP contribution is 2.38. The molecule has 0 radical (unpaired) electrons. The molecule has 1 aliphatic heterocycles. The number of fused-ring (bicyclic) bond motifs is 1. The first-order chi connectivity index (χ1) is 22.5. The number of anilines is 1. The summed E-state index contributed by atoms with van der Waals surface area (Å²) in [6.07, 6.45) is -3.29. The van der Waals surface area contributed by atoms with E-state index in [1.54, 1.807) is 60.7 Å². The van der Waals surface area contributed by atoms with Crippen LogP contribution in [0.4, 0.5) is 5.82 Å². The molecule has 4 atom stereocenters. The number of methoxy groups -OCH3 is 1. The van der Waals surface area contributed by atoms with Gasteiger partial charge in [0.2, 0.25) is 5.82 Å². The van der Waals surface area contributed by atoms with E-state index in [9.17, 15) is 14.9 Å². The number of imidazole rings is 1. The van der Waals surface area contributed by atoms with Crippen molar-refractivity contribution in [3.05, 3.63) is 119 Å². The second-order valence-corrected chi connectivity index (χ2v) is 10.5. The van der Waals surface area contributed by atoms with Crippen molar-refractivity contribution >= 4 is 28.9 Å². The summed E-state index contributed by atoms with van der Waals surface area (Å²) in [6, 6.07) is 28.9. The molecule has 12 heteroatoms. The molecule has 1 saturated heterocycles. The van der Waals surface area contributed by atoms with Gasteiger partial charge in [0.05, 0.1) is 17.7 Å². The monoisotopic (exact) mass is 618 g/mol. The molecule has 46 heavy (non-hydrogen) atoms. The van der Waals surface area contributed by atoms with Crippen molar-refractivity contribution in [2.75, 3.05) is 25.6 Å². The first-order valence-electron chi connectivity index (χ1n) is 14.7. The van der Waals surface area contributed by atoms with Crippen LogP contribution in [-0.2, 0) is 25.4 Å². The summed E-state index contributed by atoms with van der Waals surface area (Å²) < 4.78 is 23.7. The quantitative estimate of drug-likeness (QED) is 0.202. The molecule has 1 fully saturated rings. The van der Waals surface area contributed by atoms with Gasteiger partial charge in [0.1, 0.15) is 23.5 Å². The number of rotatable bonds is 11. The van der Waals surface area contributed by atoms with Gasteiger partial charge in [-0.1, -0.05) is 66.7 Å². The minimum atomic E-state index is -1.13. The van der Waals surface area contributed by atoms with E-state index >= 15 is 0 Å². The van der Waals surface area contributed by atoms with Crippen LogP contribution in [0.15, 0.2) is 91.0 Å². The normalized spacial score (nSPS) is 19.0. The topological polar surface area (TPSA) is 161 Å². The smallest absolute Gasteiger partial charge is 0.338 e. The Hall–Kier alpha value is -5.64. The van der Waals surface area contributed by atoms with Gasteiger partial charge in [-0.25, -0.2) is 14.6 Å². The Labute approximate surface area is 264 Å². The molecule has 0 aliphatic carbocycles. The third kappa shape index (κ3) is 6.71. The lowest BCUT2D eigenvalue weighted by Gasteiger charge is -2.24. The van der Waals surface area contributed by atoms with E-state index < -0.39 is 36.4 Å². The summed E-state index contributed by atoms with van der Waals surface area (Å²) in [7, 11) is 1.49. The molecule has 1 aliphatic rings. The lowest BCUT2D eigenvalue weighted by molar-refractivity contribution is -0.0463. The first kappa shape index (κ1) is 30.4. The Morgan fingerprint density at radius 3 is 2.09 bits per heavy atom. The number of hydrogen-bond donors (Lipinski definition) is 2. The van der Waals surface area contributed by atoms with Crippen molar-refractivity contribution < 1.29 is 28.5 Å². The van der Waals surface area contributed by atoms with Crippen LogP contribution in [0.25, 0.3) is 11.2 Å². The summed E-state index contributed by atoms with van der Waals surface area (Å²) in [5.41, 5.74) is 2.42. The summed E-state index contributed by atoms with van der Waals surface area (Å²) >= 11 is 0. The predicted octanol–water partition coefficient (Wildman–Crippen LogP) is 4.42. The standard InChI is InChI=1S/C34H30N6O6/c1-43-20-24-27(45-33(41)22-13-7-3-8-14-22)28(46-34(42)23-15-9-4-10-16-23)29(44-24)32-39-26-30(37-25(19-35)38-31(26)40-32)36-18-17-21-11-5-2-6-12-21/h2-16,24,27-29H,17-18,20H2,1H3,(H2,36,37,38,39,40)/t24-,27-,28+,29+/m1/s1. The Morgan fingerprint density at radius 2 is 1.48 bits per heavy atom. The summed E-state index contributed by atoms with van der Waals surface area (Å²) in [5, 5.41) is 12.9. The fourth-order valence-electron chi connectivity index (χ4n) is 5.25. The van der Waals surface area contributed by atoms with Gasteiger partial charge in [-0.3, -0.25) is 0 Å². The fourth-order valence-corrected chi connectivity index (χ4v) is 5.25. The van der Waals surface area contributed by atoms with Gasteiger partial charge in [-0.05, 0) is 36.2 Å². The number of hydrogen-bond acceptors (Lipinski definition) is 11. The van der Waals surface area contributed by atoms with Crippen LogP contribution in [0.2, 0.25) is 0 Å². The maximum Gasteiger partial charge on any atom is 0.338 e. The van der Waals surface area contributed by atoms with E-state index in [4.69, 9.17) is 18.9 Å². The molecule has 0 saturated carbocycles. The van der Waals surface area contributed by atoms with Gasteiger partial charge in [-0.15, -0.1) is 0 Å². The van der Waals surface area contributed by atoms with Crippen LogP contribution in [0.5, 0.6) is 0 Å². The minimum absolute atomic E-state index is 0.0352. The second kappa shape index (κ2) is 14.0. The molecule has 0 unspecified atom stereocenters. The van der Waals surface area contributed by atoms with Crippen LogP contribution < -0.4 is 5.32 Å². The molecule has 12 nitrogen and oxygen atoms in total. The van der Waals surface area contributed by atoms with E-state index in [2.05, 4.69) is 25.3 Å². The highest BCUT2D eigenvalue weighted by atomic mass is 16.6. The fraction of sp³-hybridized carbons (Fsp3) is 0.235. The number of nitrogens with one attached hydrogen (secondary N) is 2. The van der Waals surface area contributed by atoms with Crippen molar-refractivity contribution in [1.82, 2.24) is 19.9 Å². The highest BCUT2D eigenvalue weighted by Gasteiger charge is 2.51. The Morgan fingerprint density at radius 1 is 0.870 bits per heavy atom. The van der Waals surface area contributed by atoms with Crippen molar-refractivity contribution in [2.24, 2.45) is 0 Å². The zero-order valence-corrected chi connectivity index (χ0v) is 24.8. The molecule has 2 aromatic heterocycles. The van der Waals surface area contributed by atoms with Gasteiger partial charge in [0.25, 0.3) is 0 Å². The molecule has 0 spiro atoms. The SMILES string of the molecule is COC[C@H]1O[C@H](c2nc3nc(C#N)nc(NCCc4ccccc4)c3[nH]2)[C@@H](OC(=O)c2ccccc2)[C@@H]1OC(=O)c1ccccc1. The molecule has 6 rings (SSSR count). The number of H-pyrrole nitrogens is 1. The third-order valence-corrected chi connectivity index (χ3v) is 7.43. The average Bonchev–Trinajstić information content (AvgIpc) is 3.67. The van der Waals surface area contributed by atoms with E-state index in [0.29, 0.717) is 35.4 Å². The van der Waals surface area contributed by atoms with E-state index in [0.717, 1.165) is 5.56 Å². The molecule has 2 N–H and O–H groups in total. The van der Waals surface area contributed by atoms with Crippen LogP contribution in [-0.4, -0.2) is 70.4 Å². The van der Waals surface area contributed by atoms with Crippen LogP contribution in [0.3, 0.4) is 0 Å². The Kier molecular flexibility index (Phi) is 9.24. The number of aromatic amines is 1. The van der Waals surface area contributed by atoms with Crippen molar-refractivity contribution in [3.8, 4) is 6.07 Å².